The van der Waals surface area contributed by atoms with Crippen LogP contribution in [0.4, 0.5) is 5.69 Å². The van der Waals surface area contributed by atoms with Crippen molar-refractivity contribution in [3.8, 4) is 23.0 Å². The molecule has 1 aliphatic rings. The molecule has 3 rings (SSSR count). The molecule has 1 aliphatic heterocycles. The van der Waals surface area contributed by atoms with Crippen LogP contribution in [-0.2, 0) is 14.3 Å². The quantitative estimate of drug-likeness (QED) is 0.408. The fourth-order valence-corrected chi connectivity index (χ4v) is 3.64. The fourth-order valence-electron chi connectivity index (χ4n) is 3.64. The Morgan fingerprint density at radius 2 is 1.47 bits per heavy atom. The summed E-state index contributed by atoms with van der Waals surface area (Å²) in [7, 11) is 6.18. The first-order chi connectivity index (χ1) is 16.5. The van der Waals surface area contributed by atoms with Crippen LogP contribution in [0, 0.1) is 0 Å². The maximum atomic E-state index is 12.5. The molecule has 1 fully saturated rings. The molecular weight excluding hydrogens is 440 g/mol. The van der Waals surface area contributed by atoms with E-state index in [-0.39, 0.29) is 12.5 Å². The number of esters is 1. The van der Waals surface area contributed by atoms with Crippen molar-refractivity contribution in [2.45, 2.75) is 0 Å². The number of ether oxygens (including phenoxy) is 5. The van der Waals surface area contributed by atoms with E-state index in [4.69, 9.17) is 23.7 Å². The molecule has 1 amide bonds. The molecule has 0 saturated carbocycles. The Bertz CT molecular complexity index is 987. The average molecular weight is 471 g/mol. The van der Waals surface area contributed by atoms with Gasteiger partial charge < -0.3 is 33.5 Å². The lowest BCUT2D eigenvalue weighted by molar-refractivity contribution is -0.148. The summed E-state index contributed by atoms with van der Waals surface area (Å²) in [5.74, 6) is 1.38. The zero-order chi connectivity index (χ0) is 24.5. The highest BCUT2D eigenvalue weighted by atomic mass is 16.5. The van der Waals surface area contributed by atoms with Crippen molar-refractivity contribution in [1.29, 1.82) is 0 Å². The molecule has 1 heterocycles. The largest absolute Gasteiger partial charge is 0.497 e. The number of carbonyl (C=O) groups excluding carboxylic acids is 2. The molecule has 0 spiro atoms. The maximum Gasteiger partial charge on any atom is 0.331 e. The van der Waals surface area contributed by atoms with E-state index in [9.17, 15) is 9.59 Å². The molecule has 9 nitrogen and oxygen atoms in total. The van der Waals surface area contributed by atoms with Crippen LogP contribution in [0.2, 0.25) is 0 Å². The highest BCUT2D eigenvalue weighted by Crippen LogP contribution is 2.38. The van der Waals surface area contributed by atoms with Gasteiger partial charge in [0.1, 0.15) is 5.75 Å². The van der Waals surface area contributed by atoms with E-state index in [1.54, 1.807) is 30.2 Å². The van der Waals surface area contributed by atoms with E-state index in [1.807, 2.05) is 24.3 Å². The Hall–Kier alpha value is -3.88. The standard InChI is InChI=1S/C25H30N2O7/c1-30-20-8-6-19(7-9-20)26-11-13-27(14-12-26)23(28)17-34-24(29)10-5-18-15-21(31-2)25(33-4)22(16-18)32-3/h5-10,15-16H,11-14,17H2,1-4H3. The predicted molar refractivity (Wildman–Crippen MR) is 128 cm³/mol. The molecule has 34 heavy (non-hydrogen) atoms. The Labute approximate surface area is 199 Å². The number of anilines is 1. The summed E-state index contributed by atoms with van der Waals surface area (Å²) in [6.07, 6.45) is 2.82. The molecule has 0 aliphatic carbocycles. The van der Waals surface area contributed by atoms with Crippen LogP contribution in [0.5, 0.6) is 23.0 Å². The normalized spacial score (nSPS) is 13.5. The van der Waals surface area contributed by atoms with Gasteiger partial charge in [-0.05, 0) is 48.0 Å². The van der Waals surface area contributed by atoms with Crippen molar-refractivity contribution >= 4 is 23.6 Å². The topological polar surface area (TPSA) is 86.8 Å². The van der Waals surface area contributed by atoms with Gasteiger partial charge in [0.05, 0.1) is 28.4 Å². The minimum atomic E-state index is -0.612. The predicted octanol–water partition coefficient (Wildman–Crippen LogP) is 2.63. The number of carbonyl (C=O) groups is 2. The van der Waals surface area contributed by atoms with Crippen LogP contribution in [0.3, 0.4) is 0 Å². The van der Waals surface area contributed by atoms with Crippen LogP contribution in [-0.4, -0.2) is 78.0 Å². The van der Waals surface area contributed by atoms with Crippen molar-refractivity contribution < 1.29 is 33.3 Å². The monoisotopic (exact) mass is 470 g/mol. The number of benzene rings is 2. The molecule has 0 atom stereocenters. The molecule has 0 N–H and O–H groups in total. The SMILES string of the molecule is COc1ccc(N2CCN(C(=O)COC(=O)C=Cc3cc(OC)c(OC)c(OC)c3)CC2)cc1. The molecule has 0 unspecified atom stereocenters. The Morgan fingerprint density at radius 3 is 2.00 bits per heavy atom. The number of hydrogen-bond donors (Lipinski definition) is 0. The summed E-state index contributed by atoms with van der Waals surface area (Å²) in [4.78, 5) is 28.5. The van der Waals surface area contributed by atoms with Crippen molar-refractivity contribution in [3.63, 3.8) is 0 Å². The summed E-state index contributed by atoms with van der Waals surface area (Å²) < 4.78 is 26.2. The average Bonchev–Trinajstić information content (AvgIpc) is 2.89. The zero-order valence-corrected chi connectivity index (χ0v) is 19.9. The molecule has 1 saturated heterocycles. The second-order valence-electron chi connectivity index (χ2n) is 7.47. The van der Waals surface area contributed by atoms with E-state index in [0.29, 0.717) is 49.0 Å². The molecule has 2 aromatic carbocycles. The second-order valence-corrected chi connectivity index (χ2v) is 7.47. The summed E-state index contributed by atoms with van der Waals surface area (Å²) in [6.45, 7) is 2.22. The molecule has 0 aromatic heterocycles. The first-order valence-electron chi connectivity index (χ1n) is 10.8. The van der Waals surface area contributed by atoms with Gasteiger partial charge in [-0.2, -0.15) is 0 Å². The second kappa shape index (κ2) is 11.8. The summed E-state index contributed by atoms with van der Waals surface area (Å²) >= 11 is 0. The Morgan fingerprint density at radius 1 is 0.853 bits per heavy atom. The van der Waals surface area contributed by atoms with Gasteiger partial charge in [0.2, 0.25) is 5.75 Å². The van der Waals surface area contributed by atoms with Gasteiger partial charge in [-0.3, -0.25) is 4.79 Å². The fraction of sp³-hybridized carbons (Fsp3) is 0.360. The molecule has 0 radical (unpaired) electrons. The van der Waals surface area contributed by atoms with E-state index in [1.165, 1.54) is 27.4 Å². The van der Waals surface area contributed by atoms with Crippen molar-refractivity contribution in [2.75, 3.05) is 66.1 Å². The maximum absolute atomic E-state index is 12.5. The number of amides is 1. The highest BCUT2D eigenvalue weighted by Gasteiger charge is 2.22. The van der Waals surface area contributed by atoms with Crippen LogP contribution >= 0.6 is 0 Å². The van der Waals surface area contributed by atoms with Gasteiger partial charge in [-0.1, -0.05) is 0 Å². The number of piperazine rings is 1. The van der Waals surface area contributed by atoms with E-state index < -0.39 is 5.97 Å². The van der Waals surface area contributed by atoms with Crippen molar-refractivity contribution in [2.24, 2.45) is 0 Å². The summed E-state index contributed by atoms with van der Waals surface area (Å²) in [5.41, 5.74) is 1.74. The van der Waals surface area contributed by atoms with Gasteiger partial charge in [0.25, 0.3) is 5.91 Å². The third kappa shape index (κ3) is 6.12. The van der Waals surface area contributed by atoms with Crippen LogP contribution in [0.15, 0.2) is 42.5 Å². The van der Waals surface area contributed by atoms with Gasteiger partial charge >= 0.3 is 5.97 Å². The number of nitrogens with zero attached hydrogens (tertiary/aromatic N) is 2. The lowest BCUT2D eigenvalue weighted by Gasteiger charge is -2.36. The van der Waals surface area contributed by atoms with E-state index >= 15 is 0 Å². The van der Waals surface area contributed by atoms with Crippen LogP contribution in [0.25, 0.3) is 6.08 Å². The van der Waals surface area contributed by atoms with Gasteiger partial charge in [-0.15, -0.1) is 0 Å². The zero-order valence-electron chi connectivity index (χ0n) is 19.9. The third-order valence-electron chi connectivity index (χ3n) is 5.51. The minimum absolute atomic E-state index is 0.219. The van der Waals surface area contributed by atoms with Crippen LogP contribution < -0.4 is 23.8 Å². The van der Waals surface area contributed by atoms with Gasteiger partial charge in [0.15, 0.2) is 18.1 Å². The van der Waals surface area contributed by atoms with E-state index in [2.05, 4.69) is 4.90 Å². The first-order valence-corrected chi connectivity index (χ1v) is 10.8. The summed E-state index contributed by atoms with van der Waals surface area (Å²) in [6, 6.07) is 11.2. The minimum Gasteiger partial charge on any atom is -0.497 e. The van der Waals surface area contributed by atoms with Gasteiger partial charge in [-0.25, -0.2) is 4.79 Å². The summed E-state index contributed by atoms with van der Waals surface area (Å²) in [5, 5.41) is 0. The Balaban J connectivity index is 1.48. The van der Waals surface area contributed by atoms with Gasteiger partial charge in [0, 0.05) is 37.9 Å². The first kappa shape index (κ1) is 24.8. The smallest absolute Gasteiger partial charge is 0.331 e. The molecular formula is C25H30N2O7. The molecule has 0 bridgehead atoms. The lowest BCUT2D eigenvalue weighted by atomic mass is 10.1. The number of methoxy groups -OCH3 is 4. The number of rotatable bonds is 9. The molecule has 9 heteroatoms. The van der Waals surface area contributed by atoms with E-state index in [0.717, 1.165) is 11.4 Å². The lowest BCUT2D eigenvalue weighted by Crippen LogP contribution is -2.49. The highest BCUT2D eigenvalue weighted by molar-refractivity contribution is 5.89. The van der Waals surface area contributed by atoms with Crippen molar-refractivity contribution in [1.82, 2.24) is 4.90 Å². The molecule has 182 valence electrons. The van der Waals surface area contributed by atoms with Crippen LogP contribution in [0.1, 0.15) is 5.56 Å². The number of hydrogen-bond acceptors (Lipinski definition) is 8. The molecule has 2 aromatic rings. The van der Waals surface area contributed by atoms with Crippen molar-refractivity contribution in [3.05, 3.63) is 48.0 Å². The third-order valence-corrected chi connectivity index (χ3v) is 5.51. The Kier molecular flexibility index (Phi) is 8.61.